The number of halogens is 1. The van der Waals surface area contributed by atoms with Gasteiger partial charge in [-0.25, -0.2) is 4.39 Å². The summed E-state index contributed by atoms with van der Waals surface area (Å²) in [5.74, 6) is -0.770. The Morgan fingerprint density at radius 3 is 2.89 bits per heavy atom. The van der Waals surface area contributed by atoms with Crippen molar-refractivity contribution in [1.29, 1.82) is 0 Å². The van der Waals surface area contributed by atoms with E-state index in [4.69, 9.17) is 10.5 Å². The number of benzene rings is 1. The van der Waals surface area contributed by atoms with Crippen LogP contribution in [0.25, 0.3) is 0 Å². The van der Waals surface area contributed by atoms with Crippen LogP contribution in [0.1, 0.15) is 16.8 Å². The molecular formula is C13H18FN3O2. The van der Waals surface area contributed by atoms with Crippen LogP contribution >= 0.6 is 0 Å². The first-order valence-electron chi connectivity index (χ1n) is 6.13. The van der Waals surface area contributed by atoms with E-state index in [9.17, 15) is 9.18 Å². The van der Waals surface area contributed by atoms with Gasteiger partial charge in [0.2, 0.25) is 0 Å². The summed E-state index contributed by atoms with van der Waals surface area (Å²) in [6.45, 7) is 1.71. The average molecular weight is 267 g/mol. The summed E-state index contributed by atoms with van der Waals surface area (Å²) in [4.78, 5) is 14.2. The zero-order chi connectivity index (χ0) is 14.0. The highest BCUT2D eigenvalue weighted by atomic mass is 19.1. The number of hydrogen-bond acceptors (Lipinski definition) is 4. The van der Waals surface area contributed by atoms with Crippen molar-refractivity contribution in [1.82, 2.24) is 10.2 Å². The van der Waals surface area contributed by atoms with Crippen LogP contribution in [0.15, 0.2) is 12.1 Å². The molecule has 1 unspecified atom stereocenters. The second-order valence-corrected chi connectivity index (χ2v) is 4.80. The fraction of sp³-hybridized carbons (Fsp3) is 0.462. The number of likely N-dealkylation sites (tertiary alicyclic amines) is 1. The number of carbonyl (C=O) groups excluding carboxylic acids is 1. The van der Waals surface area contributed by atoms with Gasteiger partial charge < -0.3 is 20.7 Å². The molecule has 1 fully saturated rings. The summed E-state index contributed by atoms with van der Waals surface area (Å²) >= 11 is 0. The smallest absolute Gasteiger partial charge is 0.254 e. The molecule has 0 aromatic heterocycles. The lowest BCUT2D eigenvalue weighted by atomic mass is 10.1. The molecule has 3 N–H and O–H groups in total. The second-order valence-electron chi connectivity index (χ2n) is 4.80. The van der Waals surface area contributed by atoms with Gasteiger partial charge in [0.25, 0.3) is 5.91 Å². The predicted octanol–water partition coefficient (Wildman–Crippen LogP) is 0.850. The van der Waals surface area contributed by atoms with Gasteiger partial charge in [0, 0.05) is 18.7 Å². The molecule has 1 heterocycles. The largest absolute Gasteiger partial charge is 0.495 e. The maximum atomic E-state index is 13.8. The van der Waals surface area contributed by atoms with Gasteiger partial charge in [-0.15, -0.1) is 0 Å². The van der Waals surface area contributed by atoms with Gasteiger partial charge in [0.05, 0.1) is 18.4 Å². The van der Waals surface area contributed by atoms with E-state index in [0.717, 1.165) is 25.6 Å². The molecule has 1 atom stereocenters. The van der Waals surface area contributed by atoms with E-state index in [1.807, 2.05) is 7.05 Å². The number of hydrogen-bond donors (Lipinski definition) is 2. The molecule has 2 rings (SSSR count). The third-order valence-electron chi connectivity index (χ3n) is 3.29. The monoisotopic (exact) mass is 267 g/mol. The predicted molar refractivity (Wildman–Crippen MR) is 70.7 cm³/mol. The number of carbonyl (C=O) groups is 1. The van der Waals surface area contributed by atoms with Crippen LogP contribution in [0, 0.1) is 5.82 Å². The van der Waals surface area contributed by atoms with Crippen LogP contribution in [0.3, 0.4) is 0 Å². The topological polar surface area (TPSA) is 67.6 Å². The molecule has 1 aromatic rings. The van der Waals surface area contributed by atoms with Gasteiger partial charge in [-0.05, 0) is 26.1 Å². The zero-order valence-corrected chi connectivity index (χ0v) is 11.1. The van der Waals surface area contributed by atoms with Gasteiger partial charge in [0.15, 0.2) is 0 Å². The number of anilines is 1. The standard InChI is InChI=1S/C13H18FN3O2/c1-17-4-3-8(7-17)16-13(18)9-5-12(19-2)11(15)6-10(9)14/h5-6,8H,3-4,7,15H2,1-2H3,(H,16,18). The Hall–Kier alpha value is -1.82. The molecule has 0 aliphatic carbocycles. The van der Waals surface area contributed by atoms with E-state index in [-0.39, 0.29) is 17.3 Å². The highest BCUT2D eigenvalue weighted by molar-refractivity contribution is 5.95. The molecule has 0 saturated carbocycles. The van der Waals surface area contributed by atoms with Crippen LogP contribution < -0.4 is 15.8 Å². The molecule has 1 aromatic carbocycles. The van der Waals surface area contributed by atoms with Crippen LogP contribution in [0.4, 0.5) is 10.1 Å². The molecule has 6 heteroatoms. The van der Waals surface area contributed by atoms with Crippen molar-refractivity contribution in [3.05, 3.63) is 23.5 Å². The van der Waals surface area contributed by atoms with Gasteiger partial charge in [0.1, 0.15) is 11.6 Å². The lowest BCUT2D eigenvalue weighted by Gasteiger charge is -2.14. The van der Waals surface area contributed by atoms with Gasteiger partial charge >= 0.3 is 0 Å². The lowest BCUT2D eigenvalue weighted by molar-refractivity contribution is 0.0934. The molecule has 0 radical (unpaired) electrons. The third-order valence-corrected chi connectivity index (χ3v) is 3.29. The van der Waals surface area contributed by atoms with Crippen molar-refractivity contribution in [2.75, 3.05) is 33.0 Å². The number of amides is 1. The molecule has 104 valence electrons. The number of nitrogens with two attached hydrogens (primary N) is 1. The molecule has 0 spiro atoms. The Labute approximate surface area is 111 Å². The first-order valence-corrected chi connectivity index (χ1v) is 6.13. The number of nitrogens with zero attached hydrogens (tertiary/aromatic N) is 1. The minimum absolute atomic E-state index is 0.0411. The Kier molecular flexibility index (Phi) is 3.90. The van der Waals surface area contributed by atoms with Crippen molar-refractivity contribution in [2.45, 2.75) is 12.5 Å². The van der Waals surface area contributed by atoms with Crippen molar-refractivity contribution < 1.29 is 13.9 Å². The van der Waals surface area contributed by atoms with E-state index >= 15 is 0 Å². The summed E-state index contributed by atoms with van der Waals surface area (Å²) in [7, 11) is 3.41. The maximum Gasteiger partial charge on any atom is 0.254 e. The lowest BCUT2D eigenvalue weighted by Crippen LogP contribution is -2.36. The summed E-state index contributed by atoms with van der Waals surface area (Å²) in [6, 6.07) is 2.49. The number of nitrogen functional groups attached to an aromatic ring is 1. The number of ether oxygens (including phenoxy) is 1. The Morgan fingerprint density at radius 2 is 2.32 bits per heavy atom. The summed E-state index contributed by atoms with van der Waals surface area (Å²) in [6.07, 6.45) is 0.871. The Bertz CT molecular complexity index is 493. The quantitative estimate of drug-likeness (QED) is 0.797. The van der Waals surface area contributed by atoms with E-state index in [2.05, 4.69) is 10.2 Å². The molecule has 1 aliphatic heterocycles. The van der Waals surface area contributed by atoms with Crippen LogP contribution in [0.5, 0.6) is 5.75 Å². The first-order chi connectivity index (χ1) is 9.01. The van der Waals surface area contributed by atoms with Gasteiger partial charge in [-0.3, -0.25) is 4.79 Å². The minimum atomic E-state index is -0.637. The summed E-state index contributed by atoms with van der Waals surface area (Å²) < 4.78 is 18.8. The second kappa shape index (κ2) is 5.44. The molecule has 1 saturated heterocycles. The van der Waals surface area contributed by atoms with Crippen molar-refractivity contribution in [3.8, 4) is 5.75 Å². The van der Waals surface area contributed by atoms with Gasteiger partial charge in [-0.1, -0.05) is 0 Å². The number of methoxy groups -OCH3 is 1. The van der Waals surface area contributed by atoms with Crippen LogP contribution in [-0.2, 0) is 0 Å². The highest BCUT2D eigenvalue weighted by Crippen LogP contribution is 2.25. The minimum Gasteiger partial charge on any atom is -0.495 e. The van der Waals surface area contributed by atoms with Crippen molar-refractivity contribution >= 4 is 11.6 Å². The van der Waals surface area contributed by atoms with E-state index in [0.29, 0.717) is 5.75 Å². The average Bonchev–Trinajstić information content (AvgIpc) is 2.74. The normalized spacial score (nSPS) is 19.4. The Balaban J connectivity index is 2.14. The third kappa shape index (κ3) is 2.96. The first kappa shape index (κ1) is 13.6. The maximum absolute atomic E-state index is 13.8. The molecule has 1 aliphatic rings. The Morgan fingerprint density at radius 1 is 1.58 bits per heavy atom. The van der Waals surface area contributed by atoms with Crippen LogP contribution in [0.2, 0.25) is 0 Å². The molecule has 1 amide bonds. The van der Waals surface area contributed by atoms with Gasteiger partial charge in [-0.2, -0.15) is 0 Å². The van der Waals surface area contributed by atoms with E-state index in [1.54, 1.807) is 0 Å². The molecule has 5 nitrogen and oxygen atoms in total. The van der Waals surface area contributed by atoms with Crippen molar-refractivity contribution in [3.63, 3.8) is 0 Å². The summed E-state index contributed by atoms with van der Waals surface area (Å²) in [5.41, 5.74) is 5.72. The highest BCUT2D eigenvalue weighted by Gasteiger charge is 2.23. The fourth-order valence-electron chi connectivity index (χ4n) is 2.24. The van der Waals surface area contributed by atoms with Crippen LogP contribution in [-0.4, -0.2) is 44.1 Å². The number of rotatable bonds is 3. The van der Waals surface area contributed by atoms with Crippen molar-refractivity contribution in [2.24, 2.45) is 0 Å². The molecular weight excluding hydrogens is 249 g/mol. The molecule has 19 heavy (non-hydrogen) atoms. The number of nitrogens with one attached hydrogen (secondary N) is 1. The number of likely N-dealkylation sites (N-methyl/N-ethyl adjacent to an activating group) is 1. The summed E-state index contributed by atoms with van der Waals surface area (Å²) in [5, 5.41) is 2.82. The van der Waals surface area contributed by atoms with E-state index < -0.39 is 11.7 Å². The van der Waals surface area contributed by atoms with E-state index in [1.165, 1.54) is 13.2 Å². The zero-order valence-electron chi connectivity index (χ0n) is 11.1. The fourth-order valence-corrected chi connectivity index (χ4v) is 2.24. The molecule has 0 bridgehead atoms. The SMILES string of the molecule is COc1cc(C(=O)NC2CCN(C)C2)c(F)cc1N.